The summed E-state index contributed by atoms with van der Waals surface area (Å²) in [6, 6.07) is 3.90. The van der Waals surface area contributed by atoms with E-state index in [1.165, 1.54) is 31.0 Å². The van der Waals surface area contributed by atoms with Crippen molar-refractivity contribution in [2.24, 2.45) is 5.73 Å². The predicted octanol–water partition coefficient (Wildman–Crippen LogP) is 1.29. The summed E-state index contributed by atoms with van der Waals surface area (Å²) in [5.74, 6) is -0.756. The van der Waals surface area contributed by atoms with Gasteiger partial charge in [-0.1, -0.05) is 17.8 Å². The van der Waals surface area contributed by atoms with E-state index in [-0.39, 0.29) is 12.1 Å². The Labute approximate surface area is 136 Å². The molecule has 0 spiro atoms. The van der Waals surface area contributed by atoms with Gasteiger partial charge in [-0.3, -0.25) is 9.36 Å². The third kappa shape index (κ3) is 4.07. The molecule has 9 heteroatoms. The van der Waals surface area contributed by atoms with Gasteiger partial charge in [-0.05, 0) is 24.6 Å². The number of methoxy groups -OCH3 is 1. The summed E-state index contributed by atoms with van der Waals surface area (Å²) in [4.78, 5) is 22.8. The van der Waals surface area contributed by atoms with Crippen LogP contribution in [0.25, 0.3) is 0 Å². The smallest absolute Gasteiger partial charge is 0.338 e. The maximum atomic E-state index is 13.3. The quantitative estimate of drug-likeness (QED) is 0.629. The zero-order valence-corrected chi connectivity index (χ0v) is 13.4. The molecule has 0 atom stereocenters. The number of hydrogen-bond donors (Lipinski definition) is 1. The number of nitrogens with zero attached hydrogens (tertiary/aromatic N) is 3. The van der Waals surface area contributed by atoms with Crippen LogP contribution in [0.1, 0.15) is 21.7 Å². The monoisotopic (exact) mass is 338 g/mol. The molecule has 0 saturated carbocycles. The maximum absolute atomic E-state index is 13.3. The van der Waals surface area contributed by atoms with Gasteiger partial charge in [0.2, 0.25) is 5.91 Å². The minimum Gasteiger partial charge on any atom is -0.465 e. The first-order valence-electron chi connectivity index (χ1n) is 6.60. The summed E-state index contributed by atoms with van der Waals surface area (Å²) in [6.07, 6.45) is 0. The van der Waals surface area contributed by atoms with Crippen molar-refractivity contribution < 1.29 is 18.7 Å². The Balaban J connectivity index is 2.22. The molecule has 2 N–H and O–H groups in total. The summed E-state index contributed by atoms with van der Waals surface area (Å²) in [7, 11) is 1.23. The van der Waals surface area contributed by atoms with Crippen molar-refractivity contribution >= 4 is 23.6 Å². The van der Waals surface area contributed by atoms with Gasteiger partial charge in [-0.15, -0.1) is 10.2 Å². The molecular formula is C14H15FN4O3S. The van der Waals surface area contributed by atoms with E-state index in [9.17, 15) is 14.0 Å². The molecule has 0 bridgehead atoms. The lowest BCUT2D eigenvalue weighted by Crippen LogP contribution is -2.20. The number of hydrogen-bond acceptors (Lipinski definition) is 6. The number of carbonyl (C=O) groups is 2. The highest BCUT2D eigenvalue weighted by Gasteiger charge is 2.16. The van der Waals surface area contributed by atoms with Crippen LogP contribution < -0.4 is 5.73 Å². The van der Waals surface area contributed by atoms with Crippen LogP contribution in [0.2, 0.25) is 0 Å². The van der Waals surface area contributed by atoms with E-state index < -0.39 is 17.7 Å². The van der Waals surface area contributed by atoms with Crippen molar-refractivity contribution in [3.8, 4) is 0 Å². The number of primary amides is 1. The molecule has 2 rings (SSSR count). The van der Waals surface area contributed by atoms with Crippen molar-refractivity contribution in [2.45, 2.75) is 24.4 Å². The van der Waals surface area contributed by atoms with E-state index in [1.54, 1.807) is 11.5 Å². The van der Waals surface area contributed by atoms with Crippen LogP contribution in [0.5, 0.6) is 0 Å². The number of aromatic nitrogens is 3. The van der Waals surface area contributed by atoms with E-state index in [4.69, 9.17) is 5.73 Å². The SMILES string of the molecule is COC(=O)c1cc(F)ccc1CSc1nnc(C)n1CC(N)=O. The van der Waals surface area contributed by atoms with Gasteiger partial charge in [0.15, 0.2) is 5.16 Å². The van der Waals surface area contributed by atoms with Gasteiger partial charge in [0, 0.05) is 5.75 Å². The molecule has 0 aliphatic rings. The fourth-order valence-corrected chi connectivity index (χ4v) is 2.91. The highest BCUT2D eigenvalue weighted by molar-refractivity contribution is 7.98. The Bertz CT molecular complexity index is 748. The van der Waals surface area contributed by atoms with Crippen LogP contribution in [0.3, 0.4) is 0 Å². The standard InChI is InChI=1S/C14H15FN4O3S/c1-8-17-18-14(19(8)6-12(16)20)23-7-9-3-4-10(15)5-11(9)13(21)22-2/h3-5H,6-7H2,1-2H3,(H2,16,20). The summed E-state index contributed by atoms with van der Waals surface area (Å²) < 4.78 is 19.6. The number of aryl methyl sites for hydroxylation is 1. The Morgan fingerprint density at radius 1 is 1.39 bits per heavy atom. The van der Waals surface area contributed by atoms with Gasteiger partial charge in [0.25, 0.3) is 0 Å². The average Bonchev–Trinajstić information content (AvgIpc) is 2.85. The first-order valence-corrected chi connectivity index (χ1v) is 7.58. The second-order valence-electron chi connectivity index (χ2n) is 4.66. The van der Waals surface area contributed by atoms with Crippen molar-refractivity contribution in [1.29, 1.82) is 0 Å². The number of nitrogens with two attached hydrogens (primary N) is 1. The largest absolute Gasteiger partial charge is 0.465 e. The number of rotatable bonds is 6. The van der Waals surface area contributed by atoms with Crippen LogP contribution in [-0.4, -0.2) is 33.8 Å². The van der Waals surface area contributed by atoms with Gasteiger partial charge < -0.3 is 10.5 Å². The zero-order valence-electron chi connectivity index (χ0n) is 12.6. The van der Waals surface area contributed by atoms with Gasteiger partial charge in [-0.25, -0.2) is 9.18 Å². The van der Waals surface area contributed by atoms with Crippen LogP contribution in [0.4, 0.5) is 4.39 Å². The number of halogens is 1. The molecule has 1 amide bonds. The predicted molar refractivity (Wildman–Crippen MR) is 81.3 cm³/mol. The van der Waals surface area contributed by atoms with Gasteiger partial charge in [-0.2, -0.15) is 0 Å². The zero-order chi connectivity index (χ0) is 17.0. The molecule has 0 saturated heterocycles. The lowest BCUT2D eigenvalue weighted by Gasteiger charge is -2.09. The molecule has 7 nitrogen and oxygen atoms in total. The lowest BCUT2D eigenvalue weighted by atomic mass is 10.1. The lowest BCUT2D eigenvalue weighted by molar-refractivity contribution is -0.118. The molecular weight excluding hydrogens is 323 g/mol. The van der Waals surface area contributed by atoms with E-state index in [0.29, 0.717) is 22.3 Å². The van der Waals surface area contributed by atoms with E-state index in [0.717, 1.165) is 6.07 Å². The van der Waals surface area contributed by atoms with E-state index in [1.807, 2.05) is 0 Å². The minimum atomic E-state index is -0.616. The first kappa shape index (κ1) is 16.9. The number of carbonyl (C=O) groups excluding carboxylic acids is 2. The average molecular weight is 338 g/mol. The van der Waals surface area contributed by atoms with Crippen LogP contribution >= 0.6 is 11.8 Å². The molecule has 122 valence electrons. The molecule has 0 unspecified atom stereocenters. The third-order valence-corrected chi connectivity index (χ3v) is 4.07. The first-order chi connectivity index (χ1) is 10.9. The van der Waals surface area contributed by atoms with Crippen molar-refractivity contribution in [2.75, 3.05) is 7.11 Å². The van der Waals surface area contributed by atoms with Crippen molar-refractivity contribution in [1.82, 2.24) is 14.8 Å². The highest BCUT2D eigenvalue weighted by atomic mass is 32.2. The Morgan fingerprint density at radius 2 is 2.13 bits per heavy atom. The van der Waals surface area contributed by atoms with Gasteiger partial charge in [0.05, 0.1) is 12.7 Å². The fraction of sp³-hybridized carbons (Fsp3) is 0.286. The molecule has 23 heavy (non-hydrogen) atoms. The van der Waals surface area contributed by atoms with Gasteiger partial charge in [0.1, 0.15) is 18.2 Å². The van der Waals surface area contributed by atoms with Crippen LogP contribution in [0.15, 0.2) is 23.4 Å². The Morgan fingerprint density at radius 3 is 2.78 bits per heavy atom. The minimum absolute atomic E-state index is 0.0333. The molecule has 0 aliphatic heterocycles. The molecule has 1 heterocycles. The number of thioether (sulfide) groups is 1. The summed E-state index contributed by atoms with van der Waals surface area (Å²) >= 11 is 1.26. The molecule has 0 aliphatic carbocycles. The number of esters is 1. The molecule has 0 fully saturated rings. The number of benzene rings is 1. The fourth-order valence-electron chi connectivity index (χ4n) is 1.92. The second kappa shape index (κ2) is 7.23. The summed E-state index contributed by atoms with van der Waals surface area (Å²) in [6.45, 7) is 1.67. The third-order valence-electron chi connectivity index (χ3n) is 3.05. The van der Waals surface area contributed by atoms with E-state index in [2.05, 4.69) is 14.9 Å². The normalized spacial score (nSPS) is 10.6. The molecule has 0 radical (unpaired) electrons. The summed E-state index contributed by atoms with van der Waals surface area (Å²) in [5.41, 5.74) is 5.94. The highest BCUT2D eigenvalue weighted by Crippen LogP contribution is 2.24. The van der Waals surface area contributed by atoms with Crippen LogP contribution in [-0.2, 0) is 21.8 Å². The number of amides is 1. The van der Waals surface area contributed by atoms with Crippen molar-refractivity contribution in [3.63, 3.8) is 0 Å². The second-order valence-corrected chi connectivity index (χ2v) is 5.61. The van der Waals surface area contributed by atoms with E-state index >= 15 is 0 Å². The topological polar surface area (TPSA) is 100 Å². The van der Waals surface area contributed by atoms with Crippen LogP contribution in [0, 0.1) is 12.7 Å². The Kier molecular flexibility index (Phi) is 5.32. The van der Waals surface area contributed by atoms with Gasteiger partial charge >= 0.3 is 5.97 Å². The molecule has 1 aromatic heterocycles. The Hall–Kier alpha value is -2.42. The van der Waals surface area contributed by atoms with Crippen molar-refractivity contribution in [3.05, 3.63) is 41.0 Å². The maximum Gasteiger partial charge on any atom is 0.338 e. The molecule has 1 aromatic carbocycles. The number of ether oxygens (including phenoxy) is 1. The summed E-state index contributed by atoms with van der Waals surface area (Å²) in [5, 5.41) is 8.36. The molecule has 2 aromatic rings.